The lowest BCUT2D eigenvalue weighted by Crippen LogP contribution is -2.34. The second-order valence-corrected chi connectivity index (χ2v) is 9.09. The van der Waals surface area contributed by atoms with E-state index in [4.69, 9.17) is 0 Å². The third-order valence-corrected chi connectivity index (χ3v) is 5.75. The van der Waals surface area contributed by atoms with Gasteiger partial charge in [-0.25, -0.2) is 0 Å². The summed E-state index contributed by atoms with van der Waals surface area (Å²) in [4.78, 5) is 9.83. The summed E-state index contributed by atoms with van der Waals surface area (Å²) in [6, 6.07) is 2.03. The molecule has 0 saturated carbocycles. The highest BCUT2D eigenvalue weighted by atomic mass is 29.2. The summed E-state index contributed by atoms with van der Waals surface area (Å²) in [7, 11) is 1.59. The zero-order valence-electron chi connectivity index (χ0n) is 7.69. The number of rotatable bonds is 6. The minimum absolute atomic E-state index is 1.01. The van der Waals surface area contributed by atoms with Crippen LogP contribution in [0.5, 0.6) is 0 Å². The van der Waals surface area contributed by atoms with E-state index in [1.54, 1.807) is 0 Å². The molecule has 0 aliphatic heterocycles. The van der Waals surface area contributed by atoms with Crippen LogP contribution in [-0.4, -0.2) is 22.4 Å². The molecule has 0 saturated heterocycles. The first-order valence-electron chi connectivity index (χ1n) is 4.59. The maximum Gasteiger partial charge on any atom is 0.166 e. The lowest BCUT2D eigenvalue weighted by Gasteiger charge is -2.19. The number of hydrogen-bond acceptors (Lipinski definition) is 1. The molecule has 1 N–H and O–H groups in total. The third-order valence-electron chi connectivity index (χ3n) is 1.89. The molecular weight excluding hydrogens is 168 g/mol. The highest BCUT2D eigenvalue weighted by Crippen LogP contribution is 2.14. The SMILES string of the molecule is CCCC[Si](O)([Si])CCCC. The van der Waals surface area contributed by atoms with Gasteiger partial charge in [0.25, 0.3) is 0 Å². The molecule has 0 fully saturated rings. The fourth-order valence-electron chi connectivity index (χ4n) is 1.06. The second-order valence-electron chi connectivity index (χ2n) is 3.24. The topological polar surface area (TPSA) is 20.2 Å². The van der Waals surface area contributed by atoms with Gasteiger partial charge in [-0.2, -0.15) is 0 Å². The van der Waals surface area contributed by atoms with Crippen LogP contribution in [0.1, 0.15) is 39.5 Å². The van der Waals surface area contributed by atoms with E-state index < -0.39 is 7.83 Å². The molecule has 0 aromatic rings. The van der Waals surface area contributed by atoms with Crippen LogP contribution >= 0.6 is 0 Å². The number of hydrogen-bond donors (Lipinski definition) is 1. The van der Waals surface area contributed by atoms with Crippen LogP contribution in [0, 0.1) is 0 Å². The van der Waals surface area contributed by atoms with E-state index in [1.807, 2.05) is 0 Å². The zero-order chi connectivity index (χ0) is 8.74. The highest BCUT2D eigenvalue weighted by molar-refractivity contribution is 7.12. The minimum atomic E-state index is -1.94. The summed E-state index contributed by atoms with van der Waals surface area (Å²) in [5, 5.41) is 0. The first kappa shape index (κ1) is 11.4. The van der Waals surface area contributed by atoms with E-state index in [2.05, 4.69) is 23.6 Å². The van der Waals surface area contributed by atoms with Gasteiger partial charge in [-0.15, -0.1) is 0 Å². The molecule has 0 aromatic carbocycles. The summed E-state index contributed by atoms with van der Waals surface area (Å²) in [5.74, 6) is 0. The normalized spacial score (nSPS) is 12.0. The van der Waals surface area contributed by atoms with E-state index in [9.17, 15) is 4.80 Å². The van der Waals surface area contributed by atoms with Gasteiger partial charge in [-0.05, 0) is 12.1 Å². The van der Waals surface area contributed by atoms with Crippen molar-refractivity contribution in [2.75, 3.05) is 0 Å². The molecule has 1 nitrogen and oxygen atoms in total. The van der Waals surface area contributed by atoms with E-state index in [1.165, 1.54) is 12.8 Å². The van der Waals surface area contributed by atoms with Crippen LogP contribution in [0.25, 0.3) is 0 Å². The van der Waals surface area contributed by atoms with E-state index in [0.717, 1.165) is 24.9 Å². The van der Waals surface area contributed by atoms with Crippen molar-refractivity contribution in [3.63, 3.8) is 0 Å². The largest absolute Gasteiger partial charge is 0.435 e. The smallest absolute Gasteiger partial charge is 0.166 e. The molecule has 0 rings (SSSR count). The van der Waals surface area contributed by atoms with Crippen LogP contribution in [0.3, 0.4) is 0 Å². The highest BCUT2D eigenvalue weighted by Gasteiger charge is 2.21. The molecule has 3 radical (unpaired) electrons. The molecule has 0 bridgehead atoms. The average molecular weight is 187 g/mol. The fourth-order valence-corrected chi connectivity index (χ4v) is 4.25. The van der Waals surface area contributed by atoms with E-state index >= 15 is 0 Å². The molecule has 0 atom stereocenters. The molecule has 0 aliphatic carbocycles. The molecular formula is C8H19OSi2. The summed E-state index contributed by atoms with van der Waals surface area (Å²) >= 11 is 0. The van der Waals surface area contributed by atoms with Crippen molar-refractivity contribution in [1.29, 1.82) is 0 Å². The van der Waals surface area contributed by atoms with Gasteiger partial charge in [-0.3, -0.25) is 0 Å². The van der Waals surface area contributed by atoms with Crippen molar-refractivity contribution >= 4 is 17.6 Å². The Balaban J connectivity index is 3.43. The Labute approximate surface area is 74.6 Å². The first-order chi connectivity index (χ1) is 5.12. The second kappa shape index (κ2) is 5.97. The summed E-state index contributed by atoms with van der Waals surface area (Å²) < 4.78 is 0. The van der Waals surface area contributed by atoms with Crippen LogP contribution in [0.2, 0.25) is 12.1 Å². The monoisotopic (exact) mass is 187 g/mol. The van der Waals surface area contributed by atoms with Gasteiger partial charge in [0, 0.05) is 0 Å². The summed E-state index contributed by atoms with van der Waals surface area (Å²) in [6.07, 6.45) is 4.70. The molecule has 0 heterocycles. The van der Waals surface area contributed by atoms with Gasteiger partial charge in [-0.1, -0.05) is 39.5 Å². The van der Waals surface area contributed by atoms with Crippen molar-refractivity contribution in [1.82, 2.24) is 0 Å². The minimum Gasteiger partial charge on any atom is -0.435 e. The number of unbranched alkanes of at least 4 members (excludes halogenated alkanes) is 2. The van der Waals surface area contributed by atoms with Gasteiger partial charge in [0.2, 0.25) is 0 Å². The van der Waals surface area contributed by atoms with Crippen molar-refractivity contribution in [3.05, 3.63) is 0 Å². The van der Waals surface area contributed by atoms with E-state index in [0.29, 0.717) is 0 Å². The van der Waals surface area contributed by atoms with Gasteiger partial charge in [0.05, 0.1) is 9.76 Å². The quantitative estimate of drug-likeness (QED) is 0.632. The molecule has 0 unspecified atom stereocenters. The predicted molar refractivity (Wildman–Crippen MR) is 53.2 cm³/mol. The standard InChI is InChI=1S/C8H19OSi2/c1-3-5-7-11(9,10)8-6-4-2/h9H,3-8H2,1-2H3. The van der Waals surface area contributed by atoms with Crippen molar-refractivity contribution in [3.8, 4) is 0 Å². The fraction of sp³-hybridized carbons (Fsp3) is 1.00. The Bertz CT molecular complexity index is 84.1. The predicted octanol–water partition coefficient (Wildman–Crippen LogP) is 2.19. The summed E-state index contributed by atoms with van der Waals surface area (Å²) in [5.41, 5.74) is 0. The van der Waals surface area contributed by atoms with Gasteiger partial charge in [0.1, 0.15) is 0 Å². The third kappa shape index (κ3) is 6.78. The molecule has 65 valence electrons. The Morgan fingerprint density at radius 2 is 1.45 bits per heavy atom. The van der Waals surface area contributed by atoms with Crippen LogP contribution < -0.4 is 0 Å². The Morgan fingerprint density at radius 1 is 1.09 bits per heavy atom. The maximum atomic E-state index is 9.83. The first-order valence-corrected chi connectivity index (χ1v) is 8.46. The van der Waals surface area contributed by atoms with Crippen LogP contribution in [0.4, 0.5) is 0 Å². The maximum absolute atomic E-state index is 9.83. The molecule has 0 aromatic heterocycles. The van der Waals surface area contributed by atoms with Crippen LogP contribution in [-0.2, 0) is 0 Å². The molecule has 0 amide bonds. The van der Waals surface area contributed by atoms with Crippen molar-refractivity contribution < 1.29 is 4.80 Å². The zero-order valence-corrected chi connectivity index (χ0v) is 9.69. The lowest BCUT2D eigenvalue weighted by molar-refractivity contribution is 0.543. The molecule has 11 heavy (non-hydrogen) atoms. The molecule has 3 heteroatoms. The Morgan fingerprint density at radius 3 is 1.73 bits per heavy atom. The van der Waals surface area contributed by atoms with Gasteiger partial charge in [0.15, 0.2) is 7.83 Å². The lowest BCUT2D eigenvalue weighted by atomic mass is 10.4. The summed E-state index contributed by atoms with van der Waals surface area (Å²) in [6.45, 7) is 4.33. The molecule has 0 aliphatic rings. The van der Waals surface area contributed by atoms with Gasteiger partial charge < -0.3 is 4.80 Å². The average Bonchev–Trinajstić information content (AvgIpc) is 1.97. The van der Waals surface area contributed by atoms with Crippen LogP contribution in [0.15, 0.2) is 0 Å². The van der Waals surface area contributed by atoms with Gasteiger partial charge >= 0.3 is 0 Å². The Hall–Kier alpha value is 0.394. The van der Waals surface area contributed by atoms with E-state index in [-0.39, 0.29) is 0 Å². The molecule has 0 spiro atoms. The Kier molecular flexibility index (Phi) is 6.18. The van der Waals surface area contributed by atoms with Crippen molar-refractivity contribution in [2.24, 2.45) is 0 Å². The van der Waals surface area contributed by atoms with Crippen molar-refractivity contribution in [2.45, 2.75) is 51.6 Å².